The molecule has 0 radical (unpaired) electrons. The van der Waals surface area contributed by atoms with E-state index in [1.165, 1.54) is 5.56 Å². The second kappa shape index (κ2) is 8.97. The summed E-state index contributed by atoms with van der Waals surface area (Å²) in [5, 5.41) is 4.79. The van der Waals surface area contributed by atoms with Crippen LogP contribution in [0.2, 0.25) is 0 Å². The van der Waals surface area contributed by atoms with Gasteiger partial charge in [0.25, 0.3) is 0 Å². The minimum Gasteiger partial charge on any atom is -0.390 e. The number of hydrogen-bond donors (Lipinski definition) is 0. The molecule has 0 bridgehead atoms. The van der Waals surface area contributed by atoms with Gasteiger partial charge in [-0.2, -0.15) is 9.78 Å². The number of aryl methyl sites for hydroxylation is 2. The Morgan fingerprint density at radius 1 is 1.17 bits per heavy atom. The van der Waals surface area contributed by atoms with Crippen LogP contribution in [0.15, 0.2) is 47.2 Å². The molecule has 8 heteroatoms. The van der Waals surface area contributed by atoms with Gasteiger partial charge in [-0.1, -0.05) is 22.0 Å². The van der Waals surface area contributed by atoms with Crippen molar-refractivity contribution >= 4 is 34.4 Å². The van der Waals surface area contributed by atoms with Crippen LogP contribution in [0, 0.1) is 0 Å². The van der Waals surface area contributed by atoms with E-state index in [-0.39, 0.29) is 18.5 Å². The molecule has 1 aromatic carbocycles. The van der Waals surface area contributed by atoms with Gasteiger partial charge in [-0.05, 0) is 62.1 Å². The lowest BCUT2D eigenvalue weighted by Gasteiger charge is -2.20. The van der Waals surface area contributed by atoms with E-state index in [2.05, 4.69) is 33.0 Å². The monoisotopic (exact) mass is 476 g/mol. The van der Waals surface area contributed by atoms with E-state index in [0.717, 1.165) is 39.8 Å². The zero-order valence-electron chi connectivity index (χ0n) is 16.3. The van der Waals surface area contributed by atoms with Crippen LogP contribution >= 0.6 is 28.3 Å². The lowest BCUT2D eigenvalue weighted by molar-refractivity contribution is 0.154. The van der Waals surface area contributed by atoms with Gasteiger partial charge in [0.2, 0.25) is 5.88 Å². The van der Waals surface area contributed by atoms with Crippen LogP contribution in [-0.4, -0.2) is 38.8 Å². The van der Waals surface area contributed by atoms with Gasteiger partial charge >= 0.3 is 6.09 Å². The number of pyridine rings is 1. The van der Waals surface area contributed by atoms with Crippen LogP contribution in [-0.2, 0) is 12.8 Å². The summed E-state index contributed by atoms with van der Waals surface area (Å²) in [7, 11) is 0. The first-order valence-corrected chi connectivity index (χ1v) is 10.2. The fraction of sp³-hybridized carbons (Fsp3) is 0.286. The number of halogens is 2. The highest BCUT2D eigenvalue weighted by molar-refractivity contribution is 9.10. The molecule has 0 atom stereocenters. The first-order valence-electron chi connectivity index (χ1n) is 9.40. The number of ether oxygens (including phenoxy) is 1. The molecule has 29 heavy (non-hydrogen) atoms. The standard InChI is InChI=1S/C21H21BrN4O2.ClH/c1-3-25(4-2)21(27)28-20-19-17-7-6-15(22)13-14(17)5-8-18(19)24-26(20)16-9-11-23-12-10-16;/h6-7,9-13H,3-5,8H2,1-2H3;1H. The smallest absolute Gasteiger partial charge is 0.390 e. The number of nitrogens with zero attached hydrogens (tertiary/aromatic N) is 4. The number of fused-ring (bicyclic) bond motifs is 3. The summed E-state index contributed by atoms with van der Waals surface area (Å²) in [5.41, 5.74) is 4.92. The minimum absolute atomic E-state index is 0. The molecule has 6 nitrogen and oxygen atoms in total. The molecule has 0 saturated carbocycles. The molecule has 0 aliphatic heterocycles. The molecule has 4 rings (SSSR count). The predicted octanol–water partition coefficient (Wildman–Crippen LogP) is 5.06. The first-order chi connectivity index (χ1) is 13.6. The molecule has 1 aliphatic carbocycles. The molecule has 0 fully saturated rings. The predicted molar refractivity (Wildman–Crippen MR) is 118 cm³/mol. The van der Waals surface area contributed by atoms with Gasteiger partial charge in [-0.15, -0.1) is 12.4 Å². The van der Waals surface area contributed by atoms with Crippen molar-refractivity contribution in [1.29, 1.82) is 0 Å². The van der Waals surface area contributed by atoms with E-state index in [9.17, 15) is 4.79 Å². The SMILES string of the molecule is CCN(CC)C(=O)Oc1c2c(nn1-c1ccncc1)CCc1cc(Br)ccc1-2.Cl. The third kappa shape index (κ3) is 4.02. The summed E-state index contributed by atoms with van der Waals surface area (Å²) in [6, 6.07) is 9.90. The lowest BCUT2D eigenvalue weighted by atomic mass is 9.90. The molecule has 2 aromatic heterocycles. The summed E-state index contributed by atoms with van der Waals surface area (Å²) in [6.07, 6.45) is 4.74. The van der Waals surface area contributed by atoms with Gasteiger partial charge in [-0.25, -0.2) is 4.79 Å². The van der Waals surface area contributed by atoms with Crippen LogP contribution in [0.1, 0.15) is 25.1 Å². The summed E-state index contributed by atoms with van der Waals surface area (Å²) >= 11 is 3.55. The second-order valence-electron chi connectivity index (χ2n) is 6.59. The van der Waals surface area contributed by atoms with E-state index >= 15 is 0 Å². The van der Waals surface area contributed by atoms with E-state index in [1.807, 2.05) is 32.0 Å². The Labute approximate surface area is 184 Å². The van der Waals surface area contributed by atoms with Crippen molar-refractivity contribution in [3.8, 4) is 22.7 Å². The van der Waals surface area contributed by atoms with Crippen molar-refractivity contribution in [3.63, 3.8) is 0 Å². The first kappa shape index (κ1) is 21.3. The average Bonchev–Trinajstić information content (AvgIpc) is 3.08. The second-order valence-corrected chi connectivity index (χ2v) is 7.50. The van der Waals surface area contributed by atoms with E-state index in [1.54, 1.807) is 22.0 Å². The third-order valence-corrected chi connectivity index (χ3v) is 5.49. The molecule has 1 aliphatic rings. The van der Waals surface area contributed by atoms with Gasteiger partial charge < -0.3 is 9.64 Å². The van der Waals surface area contributed by atoms with E-state index < -0.39 is 0 Å². The topological polar surface area (TPSA) is 60.3 Å². The molecular weight excluding hydrogens is 456 g/mol. The van der Waals surface area contributed by atoms with Crippen LogP contribution in [0.25, 0.3) is 16.8 Å². The third-order valence-electron chi connectivity index (χ3n) is 5.00. The molecule has 3 aromatic rings. The van der Waals surface area contributed by atoms with Crippen LogP contribution in [0.4, 0.5) is 4.79 Å². The maximum atomic E-state index is 12.8. The fourth-order valence-electron chi connectivity index (χ4n) is 3.54. The quantitative estimate of drug-likeness (QED) is 0.527. The Balaban J connectivity index is 0.00000240. The van der Waals surface area contributed by atoms with Gasteiger partial charge in [0.15, 0.2) is 0 Å². The number of hydrogen-bond acceptors (Lipinski definition) is 4. The fourth-order valence-corrected chi connectivity index (χ4v) is 3.95. The zero-order chi connectivity index (χ0) is 19.7. The highest BCUT2D eigenvalue weighted by atomic mass is 79.9. The number of aromatic nitrogens is 3. The summed E-state index contributed by atoms with van der Waals surface area (Å²) in [4.78, 5) is 18.5. The highest BCUT2D eigenvalue weighted by Crippen LogP contribution is 2.42. The summed E-state index contributed by atoms with van der Waals surface area (Å²) in [5.74, 6) is 0.460. The summed E-state index contributed by atoms with van der Waals surface area (Å²) in [6.45, 7) is 5.05. The number of carbonyl (C=O) groups excluding carboxylic acids is 1. The van der Waals surface area contributed by atoms with E-state index in [4.69, 9.17) is 9.84 Å². The summed E-state index contributed by atoms with van der Waals surface area (Å²) < 4.78 is 8.68. The van der Waals surface area contributed by atoms with Crippen molar-refractivity contribution in [2.75, 3.05) is 13.1 Å². The van der Waals surface area contributed by atoms with Crippen LogP contribution < -0.4 is 4.74 Å². The molecule has 0 unspecified atom stereocenters. The molecule has 0 spiro atoms. The van der Waals surface area contributed by atoms with Crippen LogP contribution in [0.5, 0.6) is 5.88 Å². The minimum atomic E-state index is -0.368. The van der Waals surface area contributed by atoms with E-state index in [0.29, 0.717) is 19.0 Å². The van der Waals surface area contributed by atoms with Crippen molar-refractivity contribution < 1.29 is 9.53 Å². The Kier molecular flexibility index (Phi) is 6.59. The Hall–Kier alpha value is -2.38. The van der Waals surface area contributed by atoms with Crippen molar-refractivity contribution in [2.24, 2.45) is 0 Å². The number of amides is 1. The van der Waals surface area contributed by atoms with Gasteiger partial charge in [0, 0.05) is 30.0 Å². The number of rotatable bonds is 4. The molecule has 1 amide bonds. The Morgan fingerprint density at radius 2 is 1.90 bits per heavy atom. The Bertz CT molecular complexity index is 1020. The molecule has 152 valence electrons. The maximum absolute atomic E-state index is 12.8. The van der Waals surface area contributed by atoms with Crippen LogP contribution in [0.3, 0.4) is 0 Å². The van der Waals surface area contributed by atoms with Gasteiger partial charge in [0.05, 0.1) is 16.9 Å². The average molecular weight is 478 g/mol. The van der Waals surface area contributed by atoms with Crippen molar-refractivity contribution in [1.82, 2.24) is 19.7 Å². The largest absolute Gasteiger partial charge is 0.416 e. The Morgan fingerprint density at radius 3 is 2.59 bits per heavy atom. The lowest BCUT2D eigenvalue weighted by Crippen LogP contribution is -2.33. The van der Waals surface area contributed by atoms with Crippen molar-refractivity contribution in [3.05, 3.63) is 58.5 Å². The number of benzene rings is 1. The van der Waals surface area contributed by atoms with Crippen molar-refractivity contribution in [2.45, 2.75) is 26.7 Å². The van der Waals surface area contributed by atoms with Gasteiger partial charge in [-0.3, -0.25) is 4.98 Å². The molecule has 0 saturated heterocycles. The van der Waals surface area contributed by atoms with Gasteiger partial charge in [0.1, 0.15) is 0 Å². The highest BCUT2D eigenvalue weighted by Gasteiger charge is 2.29. The maximum Gasteiger partial charge on any atom is 0.416 e. The molecule has 2 heterocycles. The molecule has 0 N–H and O–H groups in total. The normalized spacial score (nSPS) is 11.8. The molecular formula is C21H22BrClN4O2. The zero-order valence-corrected chi connectivity index (χ0v) is 18.7. The number of carbonyl (C=O) groups is 1.